The number of nitrogens with one attached hydrogen (secondary N) is 1. The molecule has 0 saturated heterocycles. The first-order chi connectivity index (χ1) is 15.2. The van der Waals surface area contributed by atoms with Gasteiger partial charge in [-0.15, -0.1) is 0 Å². The predicted octanol–water partition coefficient (Wildman–Crippen LogP) is 5.49. The molecule has 0 fully saturated rings. The lowest BCUT2D eigenvalue weighted by molar-refractivity contribution is 0.0924. The summed E-state index contributed by atoms with van der Waals surface area (Å²) in [5.41, 5.74) is 2.14. The number of fused-ring (bicyclic) bond motifs is 1. The molecule has 0 heterocycles. The third kappa shape index (κ3) is 5.08. The second-order valence-corrected chi connectivity index (χ2v) is 6.94. The Morgan fingerprint density at radius 3 is 2.19 bits per heavy atom. The summed E-state index contributed by atoms with van der Waals surface area (Å²) in [7, 11) is 0. The molecule has 0 aromatic heterocycles. The molecule has 0 atom stereocenters. The minimum Gasteiger partial charge on any atom is -0.429 e. The maximum atomic E-state index is 12.5. The number of carbonyl (C=O) groups excluding carboxylic acids is 2. The van der Waals surface area contributed by atoms with Gasteiger partial charge in [0.1, 0.15) is 12.4 Å². The summed E-state index contributed by atoms with van der Waals surface area (Å²) < 4.78 is 10.7. The predicted molar refractivity (Wildman–Crippen MR) is 119 cm³/mol. The van der Waals surface area contributed by atoms with Gasteiger partial charge in [0.25, 0.3) is 5.91 Å². The molecule has 0 bridgehead atoms. The molecule has 1 N–H and O–H groups in total. The van der Waals surface area contributed by atoms with Crippen molar-refractivity contribution in [3.63, 3.8) is 0 Å². The van der Waals surface area contributed by atoms with E-state index < -0.39 is 6.16 Å². The van der Waals surface area contributed by atoms with E-state index in [1.54, 1.807) is 18.2 Å². The summed E-state index contributed by atoms with van der Waals surface area (Å²) in [6.07, 6.45) is -0.797. The largest absolute Gasteiger partial charge is 0.514 e. The maximum Gasteiger partial charge on any atom is 0.514 e. The normalized spacial score (nSPS) is 10.5. The Bertz CT molecular complexity index is 1190. The molecule has 0 spiro atoms. The molecule has 5 heteroatoms. The highest BCUT2D eigenvalue weighted by Gasteiger charge is 2.15. The van der Waals surface area contributed by atoms with E-state index in [4.69, 9.17) is 9.47 Å². The van der Waals surface area contributed by atoms with Crippen LogP contribution in [0.25, 0.3) is 10.8 Å². The average Bonchev–Trinajstić information content (AvgIpc) is 2.83. The van der Waals surface area contributed by atoms with Crippen LogP contribution in [0, 0.1) is 0 Å². The van der Waals surface area contributed by atoms with Crippen LogP contribution < -0.4 is 10.1 Å². The van der Waals surface area contributed by atoms with Crippen molar-refractivity contribution < 1.29 is 19.1 Å². The Hall–Kier alpha value is -4.12. The van der Waals surface area contributed by atoms with Gasteiger partial charge >= 0.3 is 6.16 Å². The van der Waals surface area contributed by atoms with Gasteiger partial charge in [0.05, 0.1) is 0 Å². The fourth-order valence-corrected chi connectivity index (χ4v) is 3.29. The van der Waals surface area contributed by atoms with Crippen molar-refractivity contribution in [2.24, 2.45) is 0 Å². The number of hydrogen-bond acceptors (Lipinski definition) is 4. The molecule has 4 aromatic rings. The molecule has 31 heavy (non-hydrogen) atoms. The Balaban J connectivity index is 1.52. The van der Waals surface area contributed by atoms with Crippen LogP contribution >= 0.6 is 0 Å². The zero-order valence-corrected chi connectivity index (χ0v) is 16.8. The third-order valence-electron chi connectivity index (χ3n) is 4.85. The van der Waals surface area contributed by atoms with E-state index in [2.05, 4.69) is 5.32 Å². The van der Waals surface area contributed by atoms with Crippen LogP contribution in [-0.2, 0) is 17.9 Å². The Morgan fingerprint density at radius 2 is 1.42 bits per heavy atom. The molecule has 0 radical (unpaired) electrons. The van der Waals surface area contributed by atoms with E-state index >= 15 is 0 Å². The summed E-state index contributed by atoms with van der Waals surface area (Å²) in [5, 5.41) is 4.78. The third-order valence-corrected chi connectivity index (χ3v) is 4.85. The van der Waals surface area contributed by atoms with Gasteiger partial charge in [0.15, 0.2) is 0 Å². The molecule has 154 valence electrons. The second kappa shape index (κ2) is 9.59. The van der Waals surface area contributed by atoms with Gasteiger partial charge in [-0.1, -0.05) is 78.9 Å². The number of rotatable bonds is 6. The van der Waals surface area contributed by atoms with Crippen molar-refractivity contribution in [2.75, 3.05) is 0 Å². The van der Waals surface area contributed by atoms with Crippen LogP contribution in [0.2, 0.25) is 0 Å². The first kappa shape index (κ1) is 20.2. The molecule has 0 aliphatic carbocycles. The summed E-state index contributed by atoms with van der Waals surface area (Å²) in [6.45, 7) is 0.323. The van der Waals surface area contributed by atoms with Gasteiger partial charge in [-0.2, -0.15) is 0 Å². The van der Waals surface area contributed by atoms with Crippen molar-refractivity contribution in [1.82, 2.24) is 5.32 Å². The summed E-state index contributed by atoms with van der Waals surface area (Å²) in [6, 6.07) is 29.7. The van der Waals surface area contributed by atoms with Crippen molar-refractivity contribution in [3.05, 3.63) is 114 Å². The Morgan fingerprint density at radius 1 is 0.742 bits per heavy atom. The Labute approximate surface area is 180 Å². The first-order valence-electron chi connectivity index (χ1n) is 9.93. The van der Waals surface area contributed by atoms with Gasteiger partial charge in [0.2, 0.25) is 0 Å². The lowest BCUT2D eigenvalue weighted by Crippen LogP contribution is -2.23. The molecule has 0 unspecified atom stereocenters. The number of ether oxygens (including phenoxy) is 2. The summed E-state index contributed by atoms with van der Waals surface area (Å²) in [4.78, 5) is 24.8. The van der Waals surface area contributed by atoms with Crippen LogP contribution in [0.5, 0.6) is 5.75 Å². The SMILES string of the molecule is O=C(OCc1ccccc1)Oc1ccc2ccccc2c1CNC(=O)c1ccccc1. The van der Waals surface area contributed by atoms with Crippen LogP contribution in [0.4, 0.5) is 4.79 Å². The topological polar surface area (TPSA) is 64.6 Å². The molecule has 1 amide bonds. The zero-order chi connectivity index (χ0) is 21.5. The molecule has 0 aliphatic rings. The highest BCUT2D eigenvalue weighted by molar-refractivity contribution is 5.95. The van der Waals surface area contributed by atoms with Crippen molar-refractivity contribution in [3.8, 4) is 5.75 Å². The fraction of sp³-hybridized carbons (Fsp3) is 0.0769. The van der Waals surface area contributed by atoms with Crippen LogP contribution in [0.3, 0.4) is 0 Å². The monoisotopic (exact) mass is 411 g/mol. The van der Waals surface area contributed by atoms with Crippen LogP contribution in [0.1, 0.15) is 21.5 Å². The molecule has 4 aromatic carbocycles. The molecule has 0 aliphatic heterocycles. The molecule has 4 rings (SSSR count). The van der Waals surface area contributed by atoms with E-state index in [-0.39, 0.29) is 19.1 Å². The lowest BCUT2D eigenvalue weighted by Gasteiger charge is -2.14. The highest BCUT2D eigenvalue weighted by atomic mass is 16.7. The minimum atomic E-state index is -0.797. The number of carbonyl (C=O) groups is 2. The second-order valence-electron chi connectivity index (χ2n) is 6.94. The van der Waals surface area contributed by atoms with Gasteiger partial charge < -0.3 is 14.8 Å². The highest BCUT2D eigenvalue weighted by Crippen LogP contribution is 2.28. The maximum absolute atomic E-state index is 12.5. The van der Waals surface area contributed by atoms with E-state index in [1.807, 2.05) is 78.9 Å². The molecular formula is C26H21NO4. The standard InChI is InChI=1S/C26H21NO4/c28-25(21-12-5-2-6-13-21)27-17-23-22-14-8-7-11-20(22)15-16-24(23)31-26(29)30-18-19-9-3-1-4-10-19/h1-16H,17-18H2,(H,27,28). The number of hydrogen-bond donors (Lipinski definition) is 1. The van der Waals surface area contributed by atoms with Crippen molar-refractivity contribution >= 4 is 22.8 Å². The van der Waals surface area contributed by atoms with Gasteiger partial charge in [-0.25, -0.2) is 4.79 Å². The van der Waals surface area contributed by atoms with Gasteiger partial charge in [-0.05, 0) is 34.5 Å². The van der Waals surface area contributed by atoms with Crippen molar-refractivity contribution in [2.45, 2.75) is 13.2 Å². The summed E-state index contributed by atoms with van der Waals surface area (Å²) in [5.74, 6) is 0.149. The average molecular weight is 411 g/mol. The van der Waals surface area contributed by atoms with Crippen LogP contribution in [0.15, 0.2) is 97.1 Å². The molecule has 5 nitrogen and oxygen atoms in total. The van der Waals surface area contributed by atoms with Crippen molar-refractivity contribution in [1.29, 1.82) is 0 Å². The van der Waals surface area contributed by atoms with Gasteiger partial charge in [0, 0.05) is 17.7 Å². The lowest BCUT2D eigenvalue weighted by atomic mass is 10.0. The van der Waals surface area contributed by atoms with E-state index in [9.17, 15) is 9.59 Å². The van der Waals surface area contributed by atoms with E-state index in [0.717, 1.165) is 16.3 Å². The number of amides is 1. The summed E-state index contributed by atoms with van der Waals surface area (Å²) >= 11 is 0. The smallest absolute Gasteiger partial charge is 0.429 e. The minimum absolute atomic E-state index is 0.118. The Kier molecular flexibility index (Phi) is 6.24. The van der Waals surface area contributed by atoms with Gasteiger partial charge in [-0.3, -0.25) is 4.79 Å². The fourth-order valence-electron chi connectivity index (χ4n) is 3.29. The van der Waals surface area contributed by atoms with E-state index in [0.29, 0.717) is 16.9 Å². The number of benzene rings is 4. The first-order valence-corrected chi connectivity index (χ1v) is 9.93. The molecular weight excluding hydrogens is 390 g/mol. The zero-order valence-electron chi connectivity index (χ0n) is 16.8. The van der Waals surface area contributed by atoms with E-state index in [1.165, 1.54) is 0 Å². The van der Waals surface area contributed by atoms with Crippen LogP contribution in [-0.4, -0.2) is 12.1 Å². The molecule has 0 saturated carbocycles. The quantitative estimate of drug-likeness (QED) is 0.337.